The van der Waals surface area contributed by atoms with E-state index in [-0.39, 0.29) is 10.9 Å². The minimum Gasteiger partial charge on any atom is -0.326 e. The summed E-state index contributed by atoms with van der Waals surface area (Å²) in [6, 6.07) is 2.18. The Balaban J connectivity index is 2.62. The van der Waals surface area contributed by atoms with Crippen LogP contribution in [0.4, 0.5) is 8.78 Å². The van der Waals surface area contributed by atoms with Crippen LogP contribution < -0.4 is 0 Å². The van der Waals surface area contributed by atoms with Crippen molar-refractivity contribution in [2.45, 2.75) is 39.6 Å². The van der Waals surface area contributed by atoms with Gasteiger partial charge in [0.05, 0.1) is 10.9 Å². The molecule has 2 nitrogen and oxygen atoms in total. The molecule has 0 aliphatic rings. The van der Waals surface area contributed by atoms with Crippen LogP contribution in [0, 0.1) is 23.5 Å². The van der Waals surface area contributed by atoms with Crippen molar-refractivity contribution in [2.75, 3.05) is 0 Å². The van der Waals surface area contributed by atoms with Gasteiger partial charge in [-0.1, -0.05) is 20.8 Å². The molecule has 0 aliphatic heterocycles. The molecule has 0 radical (unpaired) electrons. The topological polar surface area (TPSA) is 17.8 Å². The molecule has 2 unspecified atom stereocenters. The Kier molecular flexibility index (Phi) is 4.33. The summed E-state index contributed by atoms with van der Waals surface area (Å²) >= 11 is 6.14. The lowest BCUT2D eigenvalue weighted by Gasteiger charge is -2.19. The predicted molar refractivity (Wildman–Crippen MR) is 77.9 cm³/mol. The highest BCUT2D eigenvalue weighted by Crippen LogP contribution is 2.28. The number of fused-ring (bicyclic) bond motifs is 1. The highest BCUT2D eigenvalue weighted by Gasteiger charge is 2.20. The molecule has 5 heteroatoms. The summed E-state index contributed by atoms with van der Waals surface area (Å²) in [6.07, 6.45) is 0. The number of halogens is 3. The van der Waals surface area contributed by atoms with Crippen LogP contribution in [0.3, 0.4) is 0 Å². The molecule has 1 aromatic carbocycles. The molecule has 0 aliphatic carbocycles. The van der Waals surface area contributed by atoms with Gasteiger partial charge in [0, 0.05) is 12.6 Å². The van der Waals surface area contributed by atoms with Crippen molar-refractivity contribution >= 4 is 22.6 Å². The van der Waals surface area contributed by atoms with E-state index in [2.05, 4.69) is 25.8 Å². The standard InChI is InChI=1S/C15H19ClF2N2/c1-8(2)9(3)7-20-13-6-11(17)5-12(18)14(13)19-15(20)10(4)16/h5-6,8-10H,7H2,1-4H3. The highest BCUT2D eigenvalue weighted by molar-refractivity contribution is 6.20. The minimum absolute atomic E-state index is 0.185. The summed E-state index contributed by atoms with van der Waals surface area (Å²) in [5, 5.41) is -0.357. The van der Waals surface area contributed by atoms with Crippen molar-refractivity contribution in [3.8, 4) is 0 Å². The van der Waals surface area contributed by atoms with Crippen LogP contribution in [-0.2, 0) is 6.54 Å². The maximum Gasteiger partial charge on any atom is 0.153 e. The van der Waals surface area contributed by atoms with E-state index in [9.17, 15) is 8.78 Å². The van der Waals surface area contributed by atoms with Crippen LogP contribution in [0.1, 0.15) is 38.9 Å². The third kappa shape index (κ3) is 2.80. The number of alkyl halides is 1. The van der Waals surface area contributed by atoms with Gasteiger partial charge in [-0.15, -0.1) is 11.6 Å². The molecule has 1 heterocycles. The number of benzene rings is 1. The van der Waals surface area contributed by atoms with Crippen molar-refractivity contribution in [3.05, 3.63) is 29.6 Å². The lowest BCUT2D eigenvalue weighted by atomic mass is 9.98. The number of hydrogen-bond donors (Lipinski definition) is 0. The first-order valence-electron chi connectivity index (χ1n) is 6.80. The molecule has 0 saturated heterocycles. The number of aromatic nitrogens is 2. The fourth-order valence-corrected chi connectivity index (χ4v) is 2.33. The summed E-state index contributed by atoms with van der Waals surface area (Å²) in [4.78, 5) is 4.25. The fourth-order valence-electron chi connectivity index (χ4n) is 2.16. The molecule has 0 saturated carbocycles. The Bertz CT molecular complexity index is 620. The summed E-state index contributed by atoms with van der Waals surface area (Å²) in [7, 11) is 0. The van der Waals surface area contributed by atoms with Gasteiger partial charge in [0.1, 0.15) is 17.2 Å². The quantitative estimate of drug-likeness (QED) is 0.734. The highest BCUT2D eigenvalue weighted by atomic mass is 35.5. The molecule has 0 spiro atoms. The summed E-state index contributed by atoms with van der Waals surface area (Å²) in [6.45, 7) is 8.77. The average Bonchev–Trinajstić information content (AvgIpc) is 2.68. The fraction of sp³-hybridized carbons (Fsp3) is 0.533. The number of rotatable bonds is 4. The van der Waals surface area contributed by atoms with Crippen LogP contribution in [0.2, 0.25) is 0 Å². The molecule has 110 valence electrons. The van der Waals surface area contributed by atoms with Gasteiger partial charge in [-0.3, -0.25) is 0 Å². The molecule has 2 rings (SSSR count). The van der Waals surface area contributed by atoms with E-state index in [4.69, 9.17) is 11.6 Å². The monoisotopic (exact) mass is 300 g/mol. The third-order valence-corrected chi connectivity index (χ3v) is 3.96. The zero-order valence-corrected chi connectivity index (χ0v) is 12.9. The molecule has 0 amide bonds. The van der Waals surface area contributed by atoms with E-state index in [1.54, 1.807) is 6.92 Å². The van der Waals surface area contributed by atoms with Crippen molar-refractivity contribution < 1.29 is 8.78 Å². The molecule has 2 aromatic rings. The van der Waals surface area contributed by atoms with Gasteiger partial charge in [0.15, 0.2) is 5.82 Å². The molecule has 0 fully saturated rings. The molecule has 0 bridgehead atoms. The first-order chi connectivity index (χ1) is 9.31. The minimum atomic E-state index is -0.644. The van der Waals surface area contributed by atoms with E-state index in [1.165, 1.54) is 6.07 Å². The van der Waals surface area contributed by atoms with Gasteiger partial charge in [0.2, 0.25) is 0 Å². The first-order valence-corrected chi connectivity index (χ1v) is 7.24. The van der Waals surface area contributed by atoms with Crippen LogP contribution in [0.25, 0.3) is 11.0 Å². The Morgan fingerprint density at radius 3 is 2.40 bits per heavy atom. The number of nitrogens with zero attached hydrogens (tertiary/aromatic N) is 2. The Hall–Kier alpha value is -1.16. The Labute approximate surface area is 122 Å². The second-order valence-electron chi connectivity index (χ2n) is 5.67. The molecular formula is C15H19ClF2N2. The van der Waals surface area contributed by atoms with Crippen molar-refractivity contribution in [1.29, 1.82) is 0 Å². The molecule has 1 aromatic heterocycles. The van der Waals surface area contributed by atoms with Crippen LogP contribution >= 0.6 is 11.6 Å². The molecule has 20 heavy (non-hydrogen) atoms. The van der Waals surface area contributed by atoms with Gasteiger partial charge in [-0.2, -0.15) is 0 Å². The van der Waals surface area contributed by atoms with Crippen LogP contribution in [0.15, 0.2) is 12.1 Å². The van der Waals surface area contributed by atoms with E-state index < -0.39 is 11.6 Å². The lowest BCUT2D eigenvalue weighted by Crippen LogP contribution is -2.15. The Morgan fingerprint density at radius 1 is 1.20 bits per heavy atom. The van der Waals surface area contributed by atoms with Crippen molar-refractivity contribution in [3.63, 3.8) is 0 Å². The summed E-state index contributed by atoms with van der Waals surface area (Å²) in [5.74, 6) is 0.160. The zero-order chi connectivity index (χ0) is 15.0. The SMILES string of the molecule is CC(Cl)c1nc2c(F)cc(F)cc2n1CC(C)C(C)C. The molecule has 2 atom stereocenters. The maximum atomic E-state index is 13.8. The third-order valence-electron chi connectivity index (χ3n) is 3.77. The van der Waals surface area contributed by atoms with Gasteiger partial charge in [-0.25, -0.2) is 13.8 Å². The summed E-state index contributed by atoms with van der Waals surface area (Å²) in [5.41, 5.74) is 0.655. The van der Waals surface area contributed by atoms with Crippen molar-refractivity contribution in [2.24, 2.45) is 11.8 Å². The van der Waals surface area contributed by atoms with Gasteiger partial charge in [-0.05, 0) is 24.8 Å². The van der Waals surface area contributed by atoms with Gasteiger partial charge < -0.3 is 4.57 Å². The second kappa shape index (κ2) is 5.68. The van der Waals surface area contributed by atoms with Crippen LogP contribution in [0.5, 0.6) is 0 Å². The smallest absolute Gasteiger partial charge is 0.153 e. The predicted octanol–water partition coefficient (Wildman–Crippen LogP) is 4.91. The average molecular weight is 301 g/mol. The van der Waals surface area contributed by atoms with E-state index >= 15 is 0 Å². The maximum absolute atomic E-state index is 13.8. The van der Waals surface area contributed by atoms with Crippen molar-refractivity contribution in [1.82, 2.24) is 9.55 Å². The second-order valence-corrected chi connectivity index (χ2v) is 6.33. The van der Waals surface area contributed by atoms with Gasteiger partial charge in [0.25, 0.3) is 0 Å². The summed E-state index contributed by atoms with van der Waals surface area (Å²) < 4.78 is 29.1. The largest absolute Gasteiger partial charge is 0.326 e. The molecule has 0 N–H and O–H groups in total. The number of hydrogen-bond acceptors (Lipinski definition) is 1. The normalized spacial score (nSPS) is 15.0. The van der Waals surface area contributed by atoms with Crippen LogP contribution in [-0.4, -0.2) is 9.55 Å². The van der Waals surface area contributed by atoms with E-state index in [0.717, 1.165) is 6.07 Å². The molecular weight excluding hydrogens is 282 g/mol. The lowest BCUT2D eigenvalue weighted by molar-refractivity contribution is 0.364. The Morgan fingerprint density at radius 2 is 1.85 bits per heavy atom. The number of imidazole rings is 1. The van der Waals surface area contributed by atoms with Gasteiger partial charge >= 0.3 is 0 Å². The van der Waals surface area contributed by atoms with E-state index in [0.29, 0.717) is 29.7 Å². The first kappa shape index (κ1) is 15.2. The van der Waals surface area contributed by atoms with E-state index in [1.807, 2.05) is 4.57 Å². The zero-order valence-electron chi connectivity index (χ0n) is 12.1.